The summed E-state index contributed by atoms with van der Waals surface area (Å²) in [7, 11) is 4.10. The fourth-order valence-corrected chi connectivity index (χ4v) is 4.34. The molecule has 0 saturated heterocycles. The van der Waals surface area contributed by atoms with Crippen molar-refractivity contribution in [2.75, 3.05) is 20.6 Å². The molecule has 0 aliphatic carbocycles. The monoisotopic (exact) mass is 516 g/mol. The van der Waals surface area contributed by atoms with Gasteiger partial charge in [0.15, 0.2) is 0 Å². The first-order valence-corrected chi connectivity index (χ1v) is 12.6. The number of carbonyl (C=O) groups is 1. The maximum absolute atomic E-state index is 12.8. The number of carbonyl (C=O) groups excluding carboxylic acids is 1. The quantitative estimate of drug-likeness (QED) is 0.322. The van der Waals surface area contributed by atoms with E-state index in [1.807, 2.05) is 30.3 Å². The molecule has 0 spiro atoms. The third-order valence-corrected chi connectivity index (χ3v) is 6.20. The van der Waals surface area contributed by atoms with Crippen molar-refractivity contribution < 1.29 is 4.79 Å². The lowest BCUT2D eigenvalue weighted by atomic mass is 10.0. The van der Waals surface area contributed by atoms with Gasteiger partial charge in [-0.3, -0.25) is 19.7 Å². The van der Waals surface area contributed by atoms with Crippen LogP contribution in [0.3, 0.4) is 0 Å². The summed E-state index contributed by atoms with van der Waals surface area (Å²) < 4.78 is 1.49. The summed E-state index contributed by atoms with van der Waals surface area (Å²) in [5.41, 5.74) is 5.46. The summed E-state index contributed by atoms with van der Waals surface area (Å²) in [6.07, 6.45) is 5.02. The zero-order valence-electron chi connectivity index (χ0n) is 21.8. The SMILES string of the molecule is CN(C)Cc1ccc(-c2n[nH]c3cc(C#CCNC(=O)c4cccn(Cc5cccnc5)c4=O)ccc23)cc1. The van der Waals surface area contributed by atoms with E-state index in [4.69, 9.17) is 0 Å². The molecule has 0 saturated carbocycles. The minimum Gasteiger partial charge on any atom is -0.341 e. The van der Waals surface area contributed by atoms with Gasteiger partial charge in [0.2, 0.25) is 0 Å². The van der Waals surface area contributed by atoms with Crippen LogP contribution in [0.5, 0.6) is 0 Å². The highest BCUT2D eigenvalue weighted by molar-refractivity contribution is 5.94. The molecule has 8 heteroatoms. The van der Waals surface area contributed by atoms with Crippen LogP contribution in [-0.2, 0) is 13.1 Å². The van der Waals surface area contributed by atoms with Crippen LogP contribution < -0.4 is 10.9 Å². The molecule has 0 aliphatic rings. The predicted octanol–water partition coefficient (Wildman–Crippen LogP) is 3.68. The maximum Gasteiger partial charge on any atom is 0.263 e. The number of aromatic nitrogens is 4. The molecule has 3 heterocycles. The van der Waals surface area contributed by atoms with Gasteiger partial charge in [0.1, 0.15) is 5.56 Å². The van der Waals surface area contributed by atoms with E-state index in [0.29, 0.717) is 6.54 Å². The van der Waals surface area contributed by atoms with Gasteiger partial charge in [0, 0.05) is 41.6 Å². The van der Waals surface area contributed by atoms with E-state index in [2.05, 4.69) is 75.6 Å². The average Bonchev–Trinajstić information content (AvgIpc) is 3.36. The molecule has 2 aromatic carbocycles. The molecule has 8 nitrogen and oxygen atoms in total. The van der Waals surface area contributed by atoms with Crippen molar-refractivity contribution in [2.45, 2.75) is 13.1 Å². The van der Waals surface area contributed by atoms with E-state index in [1.165, 1.54) is 16.2 Å². The van der Waals surface area contributed by atoms with Gasteiger partial charge in [-0.2, -0.15) is 5.10 Å². The largest absolute Gasteiger partial charge is 0.341 e. The van der Waals surface area contributed by atoms with Crippen molar-refractivity contribution in [1.29, 1.82) is 0 Å². The van der Waals surface area contributed by atoms with E-state index in [0.717, 1.165) is 39.8 Å². The van der Waals surface area contributed by atoms with Crippen LogP contribution in [0.15, 0.2) is 90.1 Å². The van der Waals surface area contributed by atoms with Crippen LogP contribution >= 0.6 is 0 Å². The Morgan fingerprint density at radius 2 is 1.90 bits per heavy atom. The third kappa shape index (κ3) is 6.12. The molecule has 0 atom stereocenters. The summed E-state index contributed by atoms with van der Waals surface area (Å²) in [4.78, 5) is 31.6. The van der Waals surface area contributed by atoms with Gasteiger partial charge in [-0.1, -0.05) is 42.2 Å². The Bertz CT molecular complexity index is 1720. The minimum absolute atomic E-state index is 0.0735. The fourth-order valence-electron chi connectivity index (χ4n) is 4.34. The molecular weight excluding hydrogens is 488 g/mol. The lowest BCUT2D eigenvalue weighted by molar-refractivity contribution is 0.0956. The summed E-state index contributed by atoms with van der Waals surface area (Å²) in [6, 6.07) is 21.2. The third-order valence-electron chi connectivity index (χ3n) is 6.20. The van der Waals surface area contributed by atoms with E-state index >= 15 is 0 Å². The lowest BCUT2D eigenvalue weighted by Gasteiger charge is -2.09. The Hall–Kier alpha value is -5.00. The first kappa shape index (κ1) is 25.6. The Morgan fingerprint density at radius 1 is 1.05 bits per heavy atom. The number of aromatic amines is 1. The molecular formula is C31H28N6O2. The summed E-state index contributed by atoms with van der Waals surface area (Å²) in [5, 5.41) is 11.3. The second-order valence-corrected chi connectivity index (χ2v) is 9.47. The van der Waals surface area contributed by atoms with Gasteiger partial charge in [0.05, 0.1) is 24.3 Å². The molecule has 0 aliphatic heterocycles. The number of pyridine rings is 2. The topological polar surface area (TPSA) is 95.9 Å². The van der Waals surface area contributed by atoms with E-state index in [-0.39, 0.29) is 17.7 Å². The Balaban J connectivity index is 1.23. The van der Waals surface area contributed by atoms with Crippen molar-refractivity contribution in [3.05, 3.63) is 118 Å². The van der Waals surface area contributed by atoms with Crippen molar-refractivity contribution in [3.8, 4) is 23.1 Å². The highest BCUT2D eigenvalue weighted by atomic mass is 16.2. The average molecular weight is 517 g/mol. The number of nitrogens with zero attached hydrogens (tertiary/aromatic N) is 4. The van der Waals surface area contributed by atoms with Gasteiger partial charge in [-0.05, 0) is 61.6 Å². The number of nitrogens with one attached hydrogen (secondary N) is 2. The van der Waals surface area contributed by atoms with Crippen LogP contribution in [0, 0.1) is 11.8 Å². The normalized spacial score (nSPS) is 10.8. The first-order chi connectivity index (χ1) is 19.0. The van der Waals surface area contributed by atoms with Crippen LogP contribution in [-0.4, -0.2) is 51.2 Å². The molecule has 3 aromatic heterocycles. The molecule has 2 N–H and O–H groups in total. The summed E-state index contributed by atoms with van der Waals surface area (Å²) in [5.74, 6) is 5.58. The maximum atomic E-state index is 12.8. The fraction of sp³-hybridized carbons (Fsp3) is 0.161. The Morgan fingerprint density at radius 3 is 2.67 bits per heavy atom. The standard InChI is InChI=1S/C31H28N6O2/c1-36(2)20-23-9-12-25(13-10-23)29-26-14-11-22(18-28(26)34-35-29)6-4-16-33-30(38)27-8-5-17-37(31(27)39)21-24-7-3-15-32-19-24/h3,5,7-15,17-19H,16,20-21H2,1-2H3,(H,33,38)(H,34,35). The summed E-state index contributed by atoms with van der Waals surface area (Å²) in [6.45, 7) is 1.34. The number of amides is 1. The molecule has 0 radical (unpaired) electrons. The highest BCUT2D eigenvalue weighted by Gasteiger charge is 2.12. The number of hydrogen-bond donors (Lipinski definition) is 2. The van der Waals surface area contributed by atoms with Crippen molar-refractivity contribution in [3.63, 3.8) is 0 Å². The van der Waals surface area contributed by atoms with Crippen LogP contribution in [0.4, 0.5) is 0 Å². The number of hydrogen-bond acceptors (Lipinski definition) is 5. The molecule has 5 aromatic rings. The lowest BCUT2D eigenvalue weighted by Crippen LogP contribution is -2.33. The number of fused-ring (bicyclic) bond motifs is 1. The molecule has 1 amide bonds. The van der Waals surface area contributed by atoms with Gasteiger partial charge < -0.3 is 14.8 Å². The molecule has 0 fully saturated rings. The zero-order chi connectivity index (χ0) is 27.2. The molecule has 5 rings (SSSR count). The molecule has 0 bridgehead atoms. The number of H-pyrrole nitrogens is 1. The second kappa shape index (κ2) is 11.6. The van der Waals surface area contributed by atoms with Gasteiger partial charge in [-0.25, -0.2) is 0 Å². The van der Waals surface area contributed by atoms with Crippen molar-refractivity contribution in [1.82, 2.24) is 30.0 Å². The van der Waals surface area contributed by atoms with Crippen LogP contribution in [0.2, 0.25) is 0 Å². The zero-order valence-corrected chi connectivity index (χ0v) is 21.8. The Kier molecular flexibility index (Phi) is 7.62. The van der Waals surface area contributed by atoms with E-state index in [9.17, 15) is 9.59 Å². The Labute approximate surface area is 226 Å². The number of benzene rings is 2. The molecule has 0 unspecified atom stereocenters. The summed E-state index contributed by atoms with van der Waals surface area (Å²) >= 11 is 0. The van der Waals surface area contributed by atoms with Crippen LogP contribution in [0.1, 0.15) is 27.0 Å². The first-order valence-electron chi connectivity index (χ1n) is 12.6. The van der Waals surface area contributed by atoms with Crippen molar-refractivity contribution >= 4 is 16.8 Å². The minimum atomic E-state index is -0.458. The second-order valence-electron chi connectivity index (χ2n) is 9.47. The van der Waals surface area contributed by atoms with E-state index < -0.39 is 5.91 Å². The smallest absolute Gasteiger partial charge is 0.263 e. The predicted molar refractivity (Wildman–Crippen MR) is 152 cm³/mol. The van der Waals surface area contributed by atoms with Crippen LogP contribution in [0.25, 0.3) is 22.2 Å². The molecule has 39 heavy (non-hydrogen) atoms. The van der Waals surface area contributed by atoms with Gasteiger partial charge in [-0.15, -0.1) is 0 Å². The number of rotatable bonds is 7. The molecule has 194 valence electrons. The van der Waals surface area contributed by atoms with Crippen molar-refractivity contribution in [2.24, 2.45) is 0 Å². The van der Waals surface area contributed by atoms with Gasteiger partial charge >= 0.3 is 0 Å². The van der Waals surface area contributed by atoms with E-state index in [1.54, 1.807) is 24.7 Å². The highest BCUT2D eigenvalue weighted by Crippen LogP contribution is 2.27. The van der Waals surface area contributed by atoms with Gasteiger partial charge in [0.25, 0.3) is 11.5 Å².